The van der Waals surface area contributed by atoms with Crippen LogP contribution in [0.15, 0.2) is 47.4 Å². The quantitative estimate of drug-likeness (QED) is 0.606. The molecule has 92 valence electrons. The van der Waals surface area contributed by atoms with Gasteiger partial charge in [0.15, 0.2) is 0 Å². The number of carbonyl (C=O) groups excluding carboxylic acids is 1. The first-order valence-electron chi connectivity index (χ1n) is 5.12. The Hall–Kier alpha value is -1.08. The topological polar surface area (TPSA) is 29.1 Å². The van der Waals surface area contributed by atoms with Gasteiger partial charge in [-0.05, 0) is 65.1 Å². The average molecular weight is 373 g/mol. The molecule has 2 nitrogen and oxygen atoms in total. The Labute approximate surface area is 123 Å². The second kappa shape index (κ2) is 5.71. The molecule has 2 rings (SSSR count). The zero-order valence-electron chi connectivity index (χ0n) is 9.15. The molecule has 0 saturated heterocycles. The number of anilines is 1. The minimum atomic E-state index is -0.441. The van der Waals surface area contributed by atoms with Gasteiger partial charge in [0.05, 0.1) is 0 Å². The van der Waals surface area contributed by atoms with Crippen LogP contribution >= 0.6 is 35.2 Å². The molecule has 1 amide bonds. The lowest BCUT2D eigenvalue weighted by molar-refractivity contribution is 0.102. The van der Waals surface area contributed by atoms with Gasteiger partial charge in [-0.1, -0.05) is 0 Å². The third-order valence-corrected chi connectivity index (χ3v) is 3.37. The van der Waals surface area contributed by atoms with E-state index < -0.39 is 5.82 Å². The molecule has 0 heterocycles. The predicted molar refractivity (Wildman–Crippen MR) is 80.8 cm³/mol. The summed E-state index contributed by atoms with van der Waals surface area (Å²) in [5.74, 6) is -0.726. The molecule has 18 heavy (non-hydrogen) atoms. The van der Waals surface area contributed by atoms with Crippen LogP contribution in [0.3, 0.4) is 0 Å². The van der Waals surface area contributed by atoms with Crippen molar-refractivity contribution in [1.82, 2.24) is 0 Å². The zero-order chi connectivity index (χ0) is 13.1. The summed E-state index contributed by atoms with van der Waals surface area (Å²) in [7, 11) is 0. The van der Waals surface area contributed by atoms with Crippen molar-refractivity contribution in [3.8, 4) is 0 Å². The molecular formula is C13H9FINOS. The molecule has 2 aromatic rings. The Bertz CT molecular complexity index is 586. The normalized spacial score (nSPS) is 10.2. The minimum Gasteiger partial charge on any atom is -0.322 e. The number of hydrogen-bond acceptors (Lipinski definition) is 2. The van der Waals surface area contributed by atoms with E-state index in [1.54, 1.807) is 0 Å². The van der Waals surface area contributed by atoms with Gasteiger partial charge in [-0.2, -0.15) is 0 Å². The molecule has 0 atom stereocenters. The SMILES string of the molecule is O=C(Nc1ccc(I)cc1)c1ccc(F)c(S)c1. The molecule has 0 spiro atoms. The molecule has 0 aromatic heterocycles. The van der Waals surface area contributed by atoms with E-state index in [2.05, 4.69) is 40.5 Å². The van der Waals surface area contributed by atoms with Crippen LogP contribution < -0.4 is 5.32 Å². The van der Waals surface area contributed by atoms with Gasteiger partial charge in [0, 0.05) is 19.7 Å². The second-order valence-corrected chi connectivity index (χ2v) is 5.35. The molecule has 0 bridgehead atoms. The van der Waals surface area contributed by atoms with Gasteiger partial charge >= 0.3 is 0 Å². The Balaban J connectivity index is 2.16. The summed E-state index contributed by atoms with van der Waals surface area (Å²) in [6.07, 6.45) is 0. The number of thiol groups is 1. The van der Waals surface area contributed by atoms with E-state index in [4.69, 9.17) is 0 Å². The van der Waals surface area contributed by atoms with Crippen molar-refractivity contribution in [3.63, 3.8) is 0 Å². The van der Waals surface area contributed by atoms with Gasteiger partial charge in [0.2, 0.25) is 0 Å². The molecule has 5 heteroatoms. The molecule has 0 radical (unpaired) electrons. The fourth-order valence-electron chi connectivity index (χ4n) is 1.39. The first-order valence-corrected chi connectivity index (χ1v) is 6.64. The van der Waals surface area contributed by atoms with Crippen molar-refractivity contribution in [2.45, 2.75) is 4.90 Å². The van der Waals surface area contributed by atoms with Crippen molar-refractivity contribution in [2.75, 3.05) is 5.32 Å². The standard InChI is InChI=1S/C13H9FINOS/c14-11-6-1-8(7-12(11)18)13(17)16-10-4-2-9(15)3-5-10/h1-7,18H,(H,16,17). The minimum absolute atomic E-state index is 0.158. The summed E-state index contributed by atoms with van der Waals surface area (Å²) in [6, 6.07) is 11.5. The lowest BCUT2D eigenvalue weighted by Crippen LogP contribution is -2.11. The lowest BCUT2D eigenvalue weighted by Gasteiger charge is -2.06. The Morgan fingerprint density at radius 3 is 2.44 bits per heavy atom. The van der Waals surface area contributed by atoms with Crippen LogP contribution in [0.4, 0.5) is 10.1 Å². The highest BCUT2D eigenvalue weighted by Crippen LogP contribution is 2.16. The summed E-state index contributed by atoms with van der Waals surface area (Å²) >= 11 is 6.13. The van der Waals surface area contributed by atoms with Crippen molar-refractivity contribution in [3.05, 3.63) is 57.4 Å². The van der Waals surface area contributed by atoms with Crippen LogP contribution in [0.25, 0.3) is 0 Å². The number of carbonyl (C=O) groups is 1. The maximum absolute atomic E-state index is 13.0. The molecule has 2 aromatic carbocycles. The fourth-order valence-corrected chi connectivity index (χ4v) is 1.96. The van der Waals surface area contributed by atoms with Crippen LogP contribution in [0.5, 0.6) is 0 Å². The second-order valence-electron chi connectivity index (χ2n) is 3.63. The van der Waals surface area contributed by atoms with Gasteiger partial charge in [0.25, 0.3) is 5.91 Å². The third kappa shape index (κ3) is 3.23. The van der Waals surface area contributed by atoms with E-state index in [-0.39, 0.29) is 10.8 Å². The van der Waals surface area contributed by atoms with Crippen LogP contribution in [-0.2, 0) is 0 Å². The number of halogens is 2. The van der Waals surface area contributed by atoms with Crippen LogP contribution in [0.1, 0.15) is 10.4 Å². The molecule has 0 fully saturated rings. The zero-order valence-corrected chi connectivity index (χ0v) is 12.2. The van der Waals surface area contributed by atoms with Crippen molar-refractivity contribution in [2.24, 2.45) is 0 Å². The summed E-state index contributed by atoms with van der Waals surface area (Å²) in [5, 5.41) is 2.73. The summed E-state index contributed by atoms with van der Waals surface area (Å²) in [5.41, 5.74) is 1.07. The molecule has 0 aliphatic rings. The van der Waals surface area contributed by atoms with Gasteiger partial charge in [-0.25, -0.2) is 4.39 Å². The third-order valence-electron chi connectivity index (χ3n) is 2.31. The Morgan fingerprint density at radius 2 is 1.83 bits per heavy atom. The van der Waals surface area contributed by atoms with Gasteiger partial charge in [-0.3, -0.25) is 4.79 Å². The average Bonchev–Trinajstić information content (AvgIpc) is 2.35. The van der Waals surface area contributed by atoms with Crippen LogP contribution in [0.2, 0.25) is 0 Å². The number of hydrogen-bond donors (Lipinski definition) is 2. The number of nitrogens with one attached hydrogen (secondary N) is 1. The molecular weight excluding hydrogens is 364 g/mol. The van der Waals surface area contributed by atoms with Crippen LogP contribution in [-0.4, -0.2) is 5.91 Å². The molecule has 0 unspecified atom stereocenters. The van der Waals surface area contributed by atoms with E-state index in [0.717, 1.165) is 3.57 Å². The molecule has 0 saturated carbocycles. The number of amides is 1. The highest BCUT2D eigenvalue weighted by Gasteiger charge is 2.08. The van der Waals surface area contributed by atoms with Gasteiger partial charge in [0.1, 0.15) is 5.82 Å². The molecule has 1 N–H and O–H groups in total. The predicted octanol–water partition coefficient (Wildman–Crippen LogP) is 3.97. The van der Waals surface area contributed by atoms with Crippen molar-refractivity contribution in [1.29, 1.82) is 0 Å². The highest BCUT2D eigenvalue weighted by molar-refractivity contribution is 14.1. The lowest BCUT2D eigenvalue weighted by atomic mass is 10.2. The largest absolute Gasteiger partial charge is 0.322 e. The maximum Gasteiger partial charge on any atom is 0.255 e. The Kier molecular flexibility index (Phi) is 4.23. The highest BCUT2D eigenvalue weighted by atomic mass is 127. The van der Waals surface area contributed by atoms with Crippen molar-refractivity contribution < 1.29 is 9.18 Å². The monoisotopic (exact) mass is 373 g/mol. The smallest absolute Gasteiger partial charge is 0.255 e. The summed E-state index contributed by atoms with van der Waals surface area (Å²) in [4.78, 5) is 12.1. The van der Waals surface area contributed by atoms with Gasteiger partial charge in [-0.15, -0.1) is 12.6 Å². The summed E-state index contributed by atoms with van der Waals surface area (Å²) < 4.78 is 14.1. The van der Waals surface area contributed by atoms with Crippen LogP contribution in [0, 0.1) is 9.39 Å². The van der Waals surface area contributed by atoms with E-state index in [1.165, 1.54) is 18.2 Å². The first-order chi connectivity index (χ1) is 8.56. The maximum atomic E-state index is 13.0. The van der Waals surface area contributed by atoms with Gasteiger partial charge < -0.3 is 5.32 Å². The van der Waals surface area contributed by atoms with E-state index >= 15 is 0 Å². The van der Waals surface area contributed by atoms with E-state index in [9.17, 15) is 9.18 Å². The number of rotatable bonds is 2. The van der Waals surface area contributed by atoms with E-state index in [0.29, 0.717) is 11.3 Å². The van der Waals surface area contributed by atoms with E-state index in [1.807, 2.05) is 24.3 Å². The van der Waals surface area contributed by atoms with Crippen molar-refractivity contribution >= 4 is 46.8 Å². The summed E-state index contributed by atoms with van der Waals surface area (Å²) in [6.45, 7) is 0. The molecule has 0 aliphatic heterocycles. The number of benzene rings is 2. The Morgan fingerprint density at radius 1 is 1.17 bits per heavy atom. The first kappa shape index (κ1) is 13.4. The molecule has 0 aliphatic carbocycles. The fraction of sp³-hybridized carbons (Fsp3) is 0.